The summed E-state index contributed by atoms with van der Waals surface area (Å²) < 4.78 is 44.7. The third kappa shape index (κ3) is 3.51. The topological polar surface area (TPSA) is 69.7 Å². The normalized spacial score (nSPS) is 12.1. The first-order valence-electron chi connectivity index (χ1n) is 10.5. The van der Waals surface area contributed by atoms with Gasteiger partial charge in [-0.2, -0.15) is 13.2 Å². The van der Waals surface area contributed by atoms with Gasteiger partial charge in [0.15, 0.2) is 5.65 Å². The minimum absolute atomic E-state index is 0.251. The molecule has 0 unspecified atom stereocenters. The largest absolute Gasteiger partial charge is 0.416 e. The number of carbonyl (C=O) groups excluding carboxylic acids is 1. The van der Waals surface area contributed by atoms with Crippen LogP contribution in [-0.4, -0.2) is 29.6 Å². The molecule has 1 amide bonds. The van der Waals surface area contributed by atoms with Crippen LogP contribution in [0.1, 0.15) is 27.6 Å². The second kappa shape index (κ2) is 7.75. The van der Waals surface area contributed by atoms with Crippen molar-refractivity contribution in [2.75, 3.05) is 0 Å². The number of amides is 1. The van der Waals surface area contributed by atoms with Gasteiger partial charge in [0, 0.05) is 43.1 Å². The zero-order valence-corrected chi connectivity index (χ0v) is 18.7. The van der Waals surface area contributed by atoms with Crippen molar-refractivity contribution in [3.8, 4) is 5.69 Å². The van der Waals surface area contributed by atoms with Crippen LogP contribution < -0.4 is 5.32 Å². The van der Waals surface area contributed by atoms with Crippen molar-refractivity contribution >= 4 is 28.0 Å². The Morgan fingerprint density at radius 3 is 2.47 bits per heavy atom. The van der Waals surface area contributed by atoms with Gasteiger partial charge in [-0.3, -0.25) is 9.36 Å². The van der Waals surface area contributed by atoms with E-state index in [2.05, 4.69) is 15.3 Å². The molecule has 34 heavy (non-hydrogen) atoms. The Morgan fingerprint density at radius 1 is 1.09 bits per heavy atom. The van der Waals surface area contributed by atoms with E-state index in [4.69, 9.17) is 0 Å². The van der Waals surface area contributed by atoms with Crippen LogP contribution in [0.25, 0.3) is 27.8 Å². The number of hydrogen-bond donors (Lipinski definition) is 1. The van der Waals surface area contributed by atoms with Gasteiger partial charge >= 0.3 is 6.18 Å². The maximum absolute atomic E-state index is 13.1. The van der Waals surface area contributed by atoms with Gasteiger partial charge < -0.3 is 14.5 Å². The van der Waals surface area contributed by atoms with Crippen molar-refractivity contribution in [1.82, 2.24) is 29.0 Å². The molecule has 174 valence electrons. The van der Waals surface area contributed by atoms with Gasteiger partial charge in [-0.05, 0) is 49.4 Å². The number of aromatic nitrogens is 5. The van der Waals surface area contributed by atoms with E-state index in [1.807, 2.05) is 34.7 Å². The molecule has 0 aliphatic carbocycles. The lowest BCUT2D eigenvalue weighted by molar-refractivity contribution is -0.137. The number of nitrogens with zero attached hydrogens (tertiary/aromatic N) is 5. The number of hydrogen-bond acceptors (Lipinski definition) is 3. The fraction of sp³-hybridized carbons (Fsp3) is 0.208. The van der Waals surface area contributed by atoms with E-state index in [9.17, 15) is 18.0 Å². The molecule has 0 aliphatic heterocycles. The van der Waals surface area contributed by atoms with Crippen LogP contribution in [0.15, 0.2) is 54.9 Å². The maximum Gasteiger partial charge on any atom is 0.416 e. The van der Waals surface area contributed by atoms with E-state index in [0.29, 0.717) is 16.9 Å². The van der Waals surface area contributed by atoms with Gasteiger partial charge in [0.1, 0.15) is 11.6 Å². The van der Waals surface area contributed by atoms with E-state index < -0.39 is 11.7 Å². The molecule has 0 atom stereocenters. The lowest BCUT2D eigenvalue weighted by atomic mass is 10.1. The zero-order chi connectivity index (χ0) is 24.2. The molecule has 5 aromatic rings. The number of rotatable bonds is 4. The lowest BCUT2D eigenvalue weighted by Crippen LogP contribution is -2.24. The van der Waals surface area contributed by atoms with E-state index in [-0.39, 0.29) is 12.5 Å². The second-order valence-corrected chi connectivity index (χ2v) is 8.14. The van der Waals surface area contributed by atoms with Crippen molar-refractivity contribution in [2.24, 2.45) is 14.1 Å². The molecule has 0 aliphatic rings. The average molecular weight is 466 g/mol. The molecule has 0 fully saturated rings. The Labute approximate surface area is 192 Å². The SMILES string of the molecule is Cc1nc2c(c3cc(C(=O)NCc4nccn4C)ccc3n2-c2ccc(C(F)(F)F)cc2)n1C. The number of imidazole rings is 2. The molecule has 7 nitrogen and oxygen atoms in total. The van der Waals surface area contributed by atoms with E-state index >= 15 is 0 Å². The highest BCUT2D eigenvalue weighted by Crippen LogP contribution is 2.34. The van der Waals surface area contributed by atoms with Crippen LogP contribution in [0.5, 0.6) is 0 Å². The Hall–Kier alpha value is -4.08. The molecule has 2 aromatic carbocycles. The predicted octanol–water partition coefficient (Wildman–Crippen LogP) is 4.51. The monoisotopic (exact) mass is 466 g/mol. The van der Waals surface area contributed by atoms with E-state index in [1.54, 1.807) is 30.6 Å². The first-order valence-corrected chi connectivity index (χ1v) is 10.5. The number of nitrogens with one attached hydrogen (secondary N) is 1. The average Bonchev–Trinajstić information content (AvgIpc) is 3.44. The summed E-state index contributed by atoms with van der Waals surface area (Å²) in [5, 5.41) is 3.66. The van der Waals surface area contributed by atoms with Gasteiger partial charge in [-0.15, -0.1) is 0 Å². The molecule has 3 heterocycles. The van der Waals surface area contributed by atoms with Crippen LogP contribution >= 0.6 is 0 Å². The predicted molar refractivity (Wildman–Crippen MR) is 122 cm³/mol. The summed E-state index contributed by atoms with van der Waals surface area (Å²) in [5.41, 5.74) is 2.46. The minimum Gasteiger partial charge on any atom is -0.345 e. The Balaban J connectivity index is 1.59. The number of benzene rings is 2. The zero-order valence-electron chi connectivity index (χ0n) is 18.7. The first-order chi connectivity index (χ1) is 16.1. The molecule has 0 radical (unpaired) electrons. The van der Waals surface area contributed by atoms with Gasteiger partial charge in [0.05, 0.1) is 23.1 Å². The highest BCUT2D eigenvalue weighted by atomic mass is 19.4. The summed E-state index contributed by atoms with van der Waals surface area (Å²) >= 11 is 0. The van der Waals surface area contributed by atoms with Crippen LogP contribution in [0, 0.1) is 6.92 Å². The van der Waals surface area contributed by atoms with Crippen molar-refractivity contribution in [3.63, 3.8) is 0 Å². The van der Waals surface area contributed by atoms with Crippen LogP contribution in [-0.2, 0) is 26.8 Å². The molecule has 0 bridgehead atoms. The molecule has 0 saturated heterocycles. The van der Waals surface area contributed by atoms with Crippen molar-refractivity contribution in [2.45, 2.75) is 19.6 Å². The second-order valence-electron chi connectivity index (χ2n) is 8.14. The van der Waals surface area contributed by atoms with Crippen molar-refractivity contribution in [1.29, 1.82) is 0 Å². The standard InChI is InChI=1S/C24H21F3N6O/c1-14-30-22-21(32(14)3)18-12-15(23(34)29-13-20-28-10-11-31(20)2)4-9-19(18)33(22)17-7-5-16(6-8-17)24(25,26)27/h4-12H,13H2,1-3H3,(H,29,34). The Morgan fingerprint density at radius 2 is 1.82 bits per heavy atom. The molecule has 1 N–H and O–H groups in total. The lowest BCUT2D eigenvalue weighted by Gasteiger charge is -2.10. The molecule has 10 heteroatoms. The summed E-state index contributed by atoms with van der Waals surface area (Å²) in [6.45, 7) is 2.14. The summed E-state index contributed by atoms with van der Waals surface area (Å²) in [6.07, 6.45) is -0.941. The van der Waals surface area contributed by atoms with E-state index in [1.165, 1.54) is 12.1 Å². The molecule has 5 rings (SSSR count). The van der Waals surface area contributed by atoms with Crippen molar-refractivity contribution in [3.05, 3.63) is 77.6 Å². The number of carbonyl (C=O) groups is 1. The number of alkyl halides is 3. The molecule has 0 spiro atoms. The molecular formula is C24H21F3N6O. The summed E-state index contributed by atoms with van der Waals surface area (Å²) in [4.78, 5) is 21.7. The molecular weight excluding hydrogens is 445 g/mol. The third-order valence-corrected chi connectivity index (χ3v) is 6.05. The van der Waals surface area contributed by atoms with Crippen LogP contribution in [0.3, 0.4) is 0 Å². The van der Waals surface area contributed by atoms with Crippen LogP contribution in [0.4, 0.5) is 13.2 Å². The summed E-state index contributed by atoms with van der Waals surface area (Å²) in [5.74, 6) is 1.23. The number of fused-ring (bicyclic) bond motifs is 3. The van der Waals surface area contributed by atoms with Crippen molar-refractivity contribution < 1.29 is 18.0 Å². The molecule has 0 saturated carbocycles. The highest BCUT2D eigenvalue weighted by molar-refractivity contribution is 6.09. The van der Waals surface area contributed by atoms with Gasteiger partial charge in [0.2, 0.25) is 0 Å². The van der Waals surface area contributed by atoms with Gasteiger partial charge in [-0.25, -0.2) is 9.97 Å². The van der Waals surface area contributed by atoms with Gasteiger partial charge in [0.25, 0.3) is 5.91 Å². The third-order valence-electron chi connectivity index (χ3n) is 6.05. The Bertz CT molecular complexity index is 1540. The highest BCUT2D eigenvalue weighted by Gasteiger charge is 2.30. The summed E-state index contributed by atoms with van der Waals surface area (Å²) in [6, 6.07) is 10.2. The quantitative estimate of drug-likeness (QED) is 0.424. The first kappa shape index (κ1) is 21.7. The van der Waals surface area contributed by atoms with Crippen LogP contribution in [0.2, 0.25) is 0 Å². The van der Waals surface area contributed by atoms with E-state index in [0.717, 1.165) is 40.2 Å². The fourth-order valence-electron chi connectivity index (χ4n) is 4.12. The minimum atomic E-state index is -4.41. The Kier molecular flexibility index (Phi) is 4.96. The summed E-state index contributed by atoms with van der Waals surface area (Å²) in [7, 11) is 3.72. The number of halogens is 3. The molecule has 3 aromatic heterocycles. The fourth-order valence-corrected chi connectivity index (χ4v) is 4.12. The van der Waals surface area contributed by atoms with Gasteiger partial charge in [-0.1, -0.05) is 0 Å². The smallest absolute Gasteiger partial charge is 0.345 e. The number of aryl methyl sites for hydroxylation is 3. The maximum atomic E-state index is 13.1.